The minimum atomic E-state index is -3.48. The van der Waals surface area contributed by atoms with Gasteiger partial charge >= 0.3 is 0 Å². The van der Waals surface area contributed by atoms with Crippen molar-refractivity contribution < 1.29 is 13.2 Å². The fourth-order valence-corrected chi connectivity index (χ4v) is 4.32. The number of nitrogens with two attached hydrogens (primary N) is 1. The van der Waals surface area contributed by atoms with Crippen LogP contribution in [0.3, 0.4) is 0 Å². The Bertz CT molecular complexity index is 536. The van der Waals surface area contributed by atoms with Gasteiger partial charge in [0, 0.05) is 9.89 Å². The van der Waals surface area contributed by atoms with Crippen LogP contribution in [0.2, 0.25) is 0 Å². The van der Waals surface area contributed by atoms with Crippen LogP contribution in [0.15, 0.2) is 28.7 Å². The molecule has 1 aliphatic carbocycles. The van der Waals surface area contributed by atoms with E-state index in [0.717, 1.165) is 42.3 Å². The third kappa shape index (κ3) is 4.75. The van der Waals surface area contributed by atoms with Crippen molar-refractivity contribution in [2.24, 2.45) is 10.6 Å². The van der Waals surface area contributed by atoms with Crippen LogP contribution in [0.5, 0.6) is 5.75 Å². The maximum Gasteiger partial charge on any atom is 0.209 e. The molecule has 0 spiro atoms. The second-order valence-corrected chi connectivity index (χ2v) is 8.14. The summed E-state index contributed by atoms with van der Waals surface area (Å²) >= 11 is 3.37. The summed E-state index contributed by atoms with van der Waals surface area (Å²) in [6.07, 6.45) is 4.96. The standard InChI is InChI=1S/C14H20BrNO3S/c15-12-4-6-13(7-5-12)19-10-14(11-20(16,17)18)8-2-1-3-9-14/h4-7H,1-3,8-11H2,(H2,16,17,18). The number of halogens is 1. The summed E-state index contributed by atoms with van der Waals surface area (Å²) in [5.41, 5.74) is -0.334. The summed E-state index contributed by atoms with van der Waals surface area (Å²) in [5.74, 6) is 0.767. The van der Waals surface area contributed by atoms with E-state index in [9.17, 15) is 8.42 Å². The van der Waals surface area contributed by atoms with Crippen LogP contribution in [0, 0.1) is 5.41 Å². The average Bonchev–Trinajstić information content (AvgIpc) is 2.37. The van der Waals surface area contributed by atoms with Crippen LogP contribution >= 0.6 is 15.9 Å². The van der Waals surface area contributed by atoms with Gasteiger partial charge in [-0.2, -0.15) is 0 Å². The number of primary sulfonamides is 1. The molecule has 1 saturated carbocycles. The number of sulfonamides is 1. The molecule has 0 aromatic heterocycles. The van der Waals surface area contributed by atoms with Gasteiger partial charge in [0.05, 0.1) is 12.4 Å². The maximum absolute atomic E-state index is 11.5. The molecule has 4 nitrogen and oxygen atoms in total. The molecule has 0 atom stereocenters. The van der Waals surface area contributed by atoms with Crippen molar-refractivity contribution in [3.63, 3.8) is 0 Å². The zero-order valence-electron chi connectivity index (χ0n) is 11.3. The van der Waals surface area contributed by atoms with Crippen molar-refractivity contribution in [3.05, 3.63) is 28.7 Å². The first-order valence-corrected chi connectivity index (χ1v) is 9.28. The Balaban J connectivity index is 2.06. The van der Waals surface area contributed by atoms with Crippen molar-refractivity contribution >= 4 is 26.0 Å². The Kier molecular flexibility index (Phi) is 5.09. The molecule has 2 N–H and O–H groups in total. The molecule has 0 unspecified atom stereocenters. The molecule has 0 aliphatic heterocycles. The van der Waals surface area contributed by atoms with Gasteiger partial charge in [-0.15, -0.1) is 0 Å². The van der Waals surface area contributed by atoms with Crippen LogP contribution in [0.4, 0.5) is 0 Å². The Morgan fingerprint density at radius 2 is 1.75 bits per heavy atom. The van der Waals surface area contributed by atoms with E-state index in [1.165, 1.54) is 0 Å². The van der Waals surface area contributed by atoms with E-state index in [-0.39, 0.29) is 11.2 Å². The molecule has 1 aromatic carbocycles. The molecule has 0 amide bonds. The fourth-order valence-electron chi connectivity index (χ4n) is 2.83. The Hall–Kier alpha value is -0.590. The van der Waals surface area contributed by atoms with Gasteiger partial charge in [0.15, 0.2) is 0 Å². The molecule has 1 aliphatic rings. The first-order valence-electron chi connectivity index (χ1n) is 6.78. The monoisotopic (exact) mass is 361 g/mol. The molecule has 1 aromatic rings. The van der Waals surface area contributed by atoms with Gasteiger partial charge in [-0.05, 0) is 37.1 Å². The highest BCUT2D eigenvalue weighted by Crippen LogP contribution is 2.37. The first-order chi connectivity index (χ1) is 9.39. The predicted octanol–water partition coefficient (Wildman–Crippen LogP) is 3.07. The summed E-state index contributed by atoms with van der Waals surface area (Å²) in [7, 11) is -3.48. The lowest BCUT2D eigenvalue weighted by Crippen LogP contribution is -2.40. The molecule has 6 heteroatoms. The molecule has 0 saturated heterocycles. The van der Waals surface area contributed by atoms with Gasteiger partial charge in [-0.3, -0.25) is 0 Å². The number of rotatable bonds is 5. The largest absolute Gasteiger partial charge is 0.493 e. The zero-order chi connectivity index (χ0) is 14.6. The number of hydrogen-bond acceptors (Lipinski definition) is 3. The van der Waals surface area contributed by atoms with Crippen molar-refractivity contribution in [1.82, 2.24) is 0 Å². The molecule has 2 rings (SSSR count). The summed E-state index contributed by atoms with van der Waals surface area (Å²) in [4.78, 5) is 0. The average molecular weight is 362 g/mol. The summed E-state index contributed by atoms with van der Waals surface area (Å²) in [6, 6.07) is 7.56. The van der Waals surface area contributed by atoms with Gasteiger partial charge in [0.25, 0.3) is 0 Å². The van der Waals surface area contributed by atoms with Gasteiger partial charge in [-0.1, -0.05) is 35.2 Å². The lowest BCUT2D eigenvalue weighted by atomic mass is 9.76. The van der Waals surface area contributed by atoms with Gasteiger partial charge < -0.3 is 4.74 Å². The molecule has 20 heavy (non-hydrogen) atoms. The van der Waals surface area contributed by atoms with Gasteiger partial charge in [-0.25, -0.2) is 13.6 Å². The van der Waals surface area contributed by atoms with Crippen LogP contribution in [0.1, 0.15) is 32.1 Å². The van der Waals surface area contributed by atoms with Crippen molar-refractivity contribution in [2.45, 2.75) is 32.1 Å². The van der Waals surface area contributed by atoms with E-state index in [1.807, 2.05) is 24.3 Å². The maximum atomic E-state index is 11.5. The minimum Gasteiger partial charge on any atom is -0.493 e. The predicted molar refractivity (Wildman–Crippen MR) is 83.1 cm³/mol. The van der Waals surface area contributed by atoms with Crippen LogP contribution in [-0.2, 0) is 10.0 Å². The van der Waals surface area contributed by atoms with Gasteiger partial charge in [0.2, 0.25) is 10.0 Å². The minimum absolute atomic E-state index is 0.0104. The second kappa shape index (κ2) is 6.45. The molecular formula is C14H20BrNO3S. The third-order valence-electron chi connectivity index (χ3n) is 3.78. The Labute approximate surface area is 128 Å². The van der Waals surface area contributed by atoms with Crippen LogP contribution in [0.25, 0.3) is 0 Å². The third-order valence-corrected chi connectivity index (χ3v) is 5.32. The molecule has 0 bridgehead atoms. The quantitative estimate of drug-likeness (QED) is 0.875. The smallest absolute Gasteiger partial charge is 0.209 e. The highest BCUT2D eigenvalue weighted by Gasteiger charge is 2.36. The van der Waals surface area contributed by atoms with Crippen LogP contribution < -0.4 is 9.88 Å². The lowest BCUT2D eigenvalue weighted by Gasteiger charge is -2.36. The van der Waals surface area contributed by atoms with Crippen LogP contribution in [-0.4, -0.2) is 20.8 Å². The van der Waals surface area contributed by atoms with E-state index < -0.39 is 10.0 Å². The number of ether oxygens (including phenoxy) is 1. The van der Waals surface area contributed by atoms with Crippen molar-refractivity contribution in [2.75, 3.05) is 12.4 Å². The van der Waals surface area contributed by atoms with Crippen molar-refractivity contribution in [1.29, 1.82) is 0 Å². The molecular weight excluding hydrogens is 342 g/mol. The summed E-state index contributed by atoms with van der Waals surface area (Å²) < 4.78 is 29.8. The van der Waals surface area contributed by atoms with E-state index >= 15 is 0 Å². The topological polar surface area (TPSA) is 69.4 Å². The molecule has 112 valence electrons. The zero-order valence-corrected chi connectivity index (χ0v) is 13.7. The Morgan fingerprint density at radius 1 is 1.15 bits per heavy atom. The number of hydrogen-bond donors (Lipinski definition) is 1. The van der Waals surface area contributed by atoms with E-state index in [4.69, 9.17) is 9.88 Å². The van der Waals surface area contributed by atoms with E-state index in [2.05, 4.69) is 15.9 Å². The normalized spacial score (nSPS) is 18.7. The fraction of sp³-hybridized carbons (Fsp3) is 0.571. The summed E-state index contributed by atoms with van der Waals surface area (Å²) in [5, 5.41) is 5.25. The Morgan fingerprint density at radius 3 is 2.30 bits per heavy atom. The summed E-state index contributed by atoms with van der Waals surface area (Å²) in [6.45, 7) is 0.408. The highest BCUT2D eigenvalue weighted by molar-refractivity contribution is 9.10. The van der Waals surface area contributed by atoms with E-state index in [0.29, 0.717) is 6.61 Å². The van der Waals surface area contributed by atoms with Gasteiger partial charge in [0.1, 0.15) is 5.75 Å². The lowest BCUT2D eigenvalue weighted by molar-refractivity contribution is 0.118. The molecule has 1 fully saturated rings. The van der Waals surface area contributed by atoms with E-state index in [1.54, 1.807) is 0 Å². The van der Waals surface area contributed by atoms with Crippen molar-refractivity contribution in [3.8, 4) is 5.75 Å². The SMILES string of the molecule is NS(=O)(=O)CC1(COc2ccc(Br)cc2)CCCCC1. The second-order valence-electron chi connectivity index (χ2n) is 5.61. The first kappa shape index (κ1) is 15.8. The highest BCUT2D eigenvalue weighted by atomic mass is 79.9. The molecule has 0 heterocycles. The molecule has 0 radical (unpaired) electrons. The number of benzene rings is 1.